The number of hydrogen-bond donors (Lipinski definition) is 2. The van der Waals surface area contributed by atoms with Gasteiger partial charge in [-0.3, -0.25) is 0 Å². The van der Waals surface area contributed by atoms with E-state index in [0.29, 0.717) is 18.5 Å². The van der Waals surface area contributed by atoms with E-state index in [-0.39, 0.29) is 0 Å². The SMILES string of the molecule is CCC(C)(O)CNC(C)C(C)C. The van der Waals surface area contributed by atoms with Crippen LogP contribution in [-0.2, 0) is 0 Å². The van der Waals surface area contributed by atoms with Crippen molar-refractivity contribution < 1.29 is 5.11 Å². The summed E-state index contributed by atoms with van der Waals surface area (Å²) in [7, 11) is 0. The van der Waals surface area contributed by atoms with Crippen molar-refractivity contribution in [1.82, 2.24) is 5.32 Å². The quantitative estimate of drug-likeness (QED) is 0.664. The highest BCUT2D eigenvalue weighted by molar-refractivity contribution is 4.76. The summed E-state index contributed by atoms with van der Waals surface area (Å²) in [6.07, 6.45) is 0.796. The van der Waals surface area contributed by atoms with Gasteiger partial charge in [-0.2, -0.15) is 0 Å². The molecule has 2 atom stereocenters. The van der Waals surface area contributed by atoms with Gasteiger partial charge in [-0.1, -0.05) is 20.8 Å². The van der Waals surface area contributed by atoms with Crippen LogP contribution in [0.1, 0.15) is 41.0 Å². The zero-order valence-electron chi connectivity index (χ0n) is 9.02. The number of rotatable bonds is 5. The van der Waals surface area contributed by atoms with E-state index in [9.17, 15) is 5.11 Å². The van der Waals surface area contributed by atoms with E-state index in [2.05, 4.69) is 26.1 Å². The van der Waals surface area contributed by atoms with Crippen LogP contribution in [-0.4, -0.2) is 23.3 Å². The molecule has 0 rings (SSSR count). The van der Waals surface area contributed by atoms with Gasteiger partial charge in [-0.15, -0.1) is 0 Å². The monoisotopic (exact) mass is 173 g/mol. The number of hydrogen-bond acceptors (Lipinski definition) is 2. The van der Waals surface area contributed by atoms with Crippen molar-refractivity contribution in [3.8, 4) is 0 Å². The Labute approximate surface area is 76.4 Å². The van der Waals surface area contributed by atoms with Gasteiger partial charge >= 0.3 is 0 Å². The average molecular weight is 173 g/mol. The summed E-state index contributed by atoms with van der Waals surface area (Å²) in [4.78, 5) is 0. The fourth-order valence-corrected chi connectivity index (χ4v) is 0.742. The molecule has 0 spiro atoms. The predicted molar refractivity (Wildman–Crippen MR) is 53.2 cm³/mol. The minimum Gasteiger partial charge on any atom is -0.389 e. The fourth-order valence-electron chi connectivity index (χ4n) is 0.742. The Morgan fingerprint density at radius 3 is 2.17 bits per heavy atom. The molecule has 0 saturated carbocycles. The highest BCUT2D eigenvalue weighted by Gasteiger charge is 2.18. The van der Waals surface area contributed by atoms with E-state index in [1.165, 1.54) is 0 Å². The lowest BCUT2D eigenvalue weighted by Crippen LogP contribution is -2.42. The molecule has 2 N–H and O–H groups in total. The fraction of sp³-hybridized carbons (Fsp3) is 1.00. The summed E-state index contributed by atoms with van der Waals surface area (Å²) in [6, 6.07) is 0.475. The molecule has 0 bridgehead atoms. The minimum absolute atomic E-state index is 0.475. The predicted octanol–water partition coefficient (Wildman–Crippen LogP) is 1.78. The number of aliphatic hydroxyl groups is 1. The summed E-state index contributed by atoms with van der Waals surface area (Å²) in [5.74, 6) is 0.623. The Morgan fingerprint density at radius 2 is 1.83 bits per heavy atom. The van der Waals surface area contributed by atoms with Crippen molar-refractivity contribution in [2.45, 2.75) is 52.7 Å². The topological polar surface area (TPSA) is 32.3 Å². The van der Waals surface area contributed by atoms with Gasteiger partial charge in [0.1, 0.15) is 0 Å². The zero-order chi connectivity index (χ0) is 9.78. The first-order chi connectivity index (χ1) is 5.39. The van der Waals surface area contributed by atoms with Crippen molar-refractivity contribution in [3.05, 3.63) is 0 Å². The Hall–Kier alpha value is -0.0800. The third-order valence-corrected chi connectivity index (χ3v) is 2.57. The van der Waals surface area contributed by atoms with E-state index >= 15 is 0 Å². The molecule has 0 aliphatic carbocycles. The average Bonchev–Trinajstić information content (AvgIpc) is 2.00. The van der Waals surface area contributed by atoms with Crippen LogP contribution >= 0.6 is 0 Å². The summed E-state index contributed by atoms with van der Waals surface area (Å²) in [5, 5.41) is 13.0. The van der Waals surface area contributed by atoms with Crippen LogP contribution in [0.5, 0.6) is 0 Å². The summed E-state index contributed by atoms with van der Waals surface area (Å²) in [5.41, 5.74) is -0.552. The highest BCUT2D eigenvalue weighted by atomic mass is 16.3. The first-order valence-corrected chi connectivity index (χ1v) is 4.85. The molecule has 0 aliphatic rings. The van der Waals surface area contributed by atoms with Crippen LogP contribution in [0.25, 0.3) is 0 Å². The van der Waals surface area contributed by atoms with Crippen LogP contribution < -0.4 is 5.32 Å². The molecule has 0 aliphatic heterocycles. The molecule has 2 unspecified atom stereocenters. The zero-order valence-corrected chi connectivity index (χ0v) is 9.02. The van der Waals surface area contributed by atoms with Crippen LogP contribution in [0.4, 0.5) is 0 Å². The lowest BCUT2D eigenvalue weighted by atomic mass is 10.0. The van der Waals surface area contributed by atoms with Gasteiger partial charge in [-0.25, -0.2) is 0 Å². The maximum absolute atomic E-state index is 9.69. The second-order valence-corrected chi connectivity index (χ2v) is 4.26. The van der Waals surface area contributed by atoms with Gasteiger partial charge in [-0.05, 0) is 26.2 Å². The molecule has 0 aromatic rings. The maximum Gasteiger partial charge on any atom is 0.0741 e. The number of nitrogens with one attached hydrogen (secondary N) is 1. The summed E-state index contributed by atoms with van der Waals surface area (Å²) >= 11 is 0. The first-order valence-electron chi connectivity index (χ1n) is 4.85. The summed E-state index contributed by atoms with van der Waals surface area (Å²) in [6.45, 7) is 11.1. The van der Waals surface area contributed by atoms with E-state index in [1.807, 2.05) is 13.8 Å². The Morgan fingerprint density at radius 1 is 1.33 bits per heavy atom. The van der Waals surface area contributed by atoms with Crippen LogP contribution in [0.3, 0.4) is 0 Å². The van der Waals surface area contributed by atoms with Crippen molar-refractivity contribution >= 4 is 0 Å². The van der Waals surface area contributed by atoms with Gasteiger partial charge < -0.3 is 10.4 Å². The molecule has 2 nitrogen and oxygen atoms in total. The van der Waals surface area contributed by atoms with E-state index in [1.54, 1.807) is 0 Å². The van der Waals surface area contributed by atoms with Gasteiger partial charge in [0.2, 0.25) is 0 Å². The van der Waals surface area contributed by atoms with Crippen molar-refractivity contribution in [2.24, 2.45) is 5.92 Å². The molecule has 0 aromatic heterocycles. The molecule has 0 heterocycles. The molecule has 0 aromatic carbocycles. The highest BCUT2D eigenvalue weighted by Crippen LogP contribution is 2.08. The van der Waals surface area contributed by atoms with Gasteiger partial charge in [0, 0.05) is 12.6 Å². The summed E-state index contributed by atoms with van der Waals surface area (Å²) < 4.78 is 0. The molecule has 12 heavy (non-hydrogen) atoms. The maximum atomic E-state index is 9.69. The van der Waals surface area contributed by atoms with Gasteiger partial charge in [0.25, 0.3) is 0 Å². The molecular weight excluding hydrogens is 150 g/mol. The Bertz CT molecular complexity index is 121. The molecule has 0 fully saturated rings. The smallest absolute Gasteiger partial charge is 0.0741 e. The Balaban J connectivity index is 3.67. The minimum atomic E-state index is -0.552. The third-order valence-electron chi connectivity index (χ3n) is 2.57. The van der Waals surface area contributed by atoms with Crippen LogP contribution in [0, 0.1) is 5.92 Å². The van der Waals surface area contributed by atoms with E-state index in [4.69, 9.17) is 0 Å². The van der Waals surface area contributed by atoms with E-state index in [0.717, 1.165) is 6.42 Å². The second kappa shape index (κ2) is 4.83. The normalized spacial score (nSPS) is 19.2. The van der Waals surface area contributed by atoms with Crippen molar-refractivity contribution in [2.75, 3.05) is 6.54 Å². The largest absolute Gasteiger partial charge is 0.389 e. The standard InChI is InChI=1S/C10H23NO/c1-6-10(5,12)7-11-9(4)8(2)3/h8-9,11-12H,6-7H2,1-5H3. The van der Waals surface area contributed by atoms with Gasteiger partial charge in [0.15, 0.2) is 0 Å². The molecular formula is C10H23NO. The third kappa shape index (κ3) is 4.73. The molecule has 0 saturated heterocycles. The molecule has 74 valence electrons. The lowest BCUT2D eigenvalue weighted by molar-refractivity contribution is 0.0518. The van der Waals surface area contributed by atoms with Crippen molar-refractivity contribution in [1.29, 1.82) is 0 Å². The van der Waals surface area contributed by atoms with Gasteiger partial charge in [0.05, 0.1) is 5.60 Å². The van der Waals surface area contributed by atoms with Crippen LogP contribution in [0.2, 0.25) is 0 Å². The molecule has 0 amide bonds. The van der Waals surface area contributed by atoms with E-state index < -0.39 is 5.60 Å². The molecule has 2 heteroatoms. The lowest BCUT2D eigenvalue weighted by Gasteiger charge is -2.26. The molecule has 0 radical (unpaired) electrons. The first kappa shape index (κ1) is 11.9. The van der Waals surface area contributed by atoms with Crippen molar-refractivity contribution in [3.63, 3.8) is 0 Å². The Kier molecular flexibility index (Phi) is 4.80. The second-order valence-electron chi connectivity index (χ2n) is 4.26. The van der Waals surface area contributed by atoms with Crippen LogP contribution in [0.15, 0.2) is 0 Å².